The molecule has 0 saturated carbocycles. The number of aromatic nitrogens is 1. The molecule has 0 aliphatic carbocycles. The number of para-hydroxylation sites is 2. The van der Waals surface area contributed by atoms with Crippen LogP contribution in [0.1, 0.15) is 23.5 Å². The molecule has 0 radical (unpaired) electrons. The molecule has 2 heterocycles. The molecule has 0 aliphatic rings. The predicted molar refractivity (Wildman–Crippen MR) is 107 cm³/mol. The number of hydrogen-bond acceptors (Lipinski definition) is 6. The van der Waals surface area contributed by atoms with E-state index in [0.717, 1.165) is 5.39 Å². The second-order valence-corrected chi connectivity index (χ2v) is 6.62. The van der Waals surface area contributed by atoms with E-state index in [1.54, 1.807) is 48.5 Å². The van der Waals surface area contributed by atoms with Crippen LogP contribution >= 0.6 is 0 Å². The number of pyridine rings is 1. The lowest BCUT2D eigenvalue weighted by molar-refractivity contribution is -0.140. The van der Waals surface area contributed by atoms with E-state index in [1.807, 2.05) is 6.07 Å². The fourth-order valence-electron chi connectivity index (χ4n) is 3.50. The zero-order valence-electron chi connectivity index (χ0n) is 15.5. The van der Waals surface area contributed by atoms with Crippen LogP contribution in [0.3, 0.4) is 0 Å². The summed E-state index contributed by atoms with van der Waals surface area (Å²) in [6.45, 7) is 0. The zero-order valence-corrected chi connectivity index (χ0v) is 15.5. The highest BCUT2D eigenvalue weighted by Gasteiger charge is 2.29. The van der Waals surface area contributed by atoms with Crippen LogP contribution in [0.25, 0.3) is 21.9 Å². The maximum absolute atomic E-state index is 12.8. The van der Waals surface area contributed by atoms with Crippen LogP contribution in [0, 0.1) is 0 Å². The maximum Gasteiger partial charge on any atom is 0.343 e. The number of carbonyl (C=O) groups excluding carboxylic acids is 1. The number of H-pyrrole nitrogens is 1. The third-order valence-corrected chi connectivity index (χ3v) is 4.92. The van der Waals surface area contributed by atoms with Gasteiger partial charge in [-0.1, -0.05) is 30.3 Å². The zero-order chi connectivity index (χ0) is 20.5. The molecule has 2 N–H and O–H groups in total. The third kappa shape index (κ3) is 3.27. The molecule has 7 nitrogen and oxygen atoms in total. The summed E-state index contributed by atoms with van der Waals surface area (Å²) < 4.78 is 10.1. The molecular formula is C22H17NO6. The average Bonchev–Trinajstić information content (AvgIpc) is 2.72. The number of rotatable bonds is 4. The van der Waals surface area contributed by atoms with Gasteiger partial charge in [-0.15, -0.1) is 0 Å². The minimum Gasteiger partial charge on any atom is -0.507 e. The SMILES string of the molecule is COC(=O)C[C@H](c1cc2ccccc2[nH]c1=O)c1c(O)c2ccccc2oc1=O. The van der Waals surface area contributed by atoms with Gasteiger partial charge in [0.05, 0.1) is 24.5 Å². The minimum atomic E-state index is -1.04. The van der Waals surface area contributed by atoms with Crippen molar-refractivity contribution in [3.8, 4) is 5.75 Å². The lowest BCUT2D eigenvalue weighted by Crippen LogP contribution is -2.24. The van der Waals surface area contributed by atoms with Crippen molar-refractivity contribution in [1.29, 1.82) is 0 Å². The van der Waals surface area contributed by atoms with E-state index in [2.05, 4.69) is 4.98 Å². The van der Waals surface area contributed by atoms with Crippen molar-refractivity contribution in [2.45, 2.75) is 12.3 Å². The van der Waals surface area contributed by atoms with E-state index in [0.29, 0.717) is 10.9 Å². The normalized spacial score (nSPS) is 12.2. The molecule has 0 saturated heterocycles. The number of nitrogens with one attached hydrogen (secondary N) is 1. The number of carbonyl (C=O) groups is 1. The van der Waals surface area contributed by atoms with Crippen molar-refractivity contribution in [3.63, 3.8) is 0 Å². The average molecular weight is 391 g/mol. The van der Waals surface area contributed by atoms with Crippen LogP contribution in [0.5, 0.6) is 5.75 Å². The fraction of sp³-hybridized carbons (Fsp3) is 0.136. The molecule has 0 amide bonds. The molecule has 146 valence electrons. The monoisotopic (exact) mass is 391 g/mol. The largest absolute Gasteiger partial charge is 0.507 e. The number of methoxy groups -OCH3 is 1. The Morgan fingerprint density at radius 1 is 1.14 bits per heavy atom. The highest BCUT2D eigenvalue weighted by atomic mass is 16.5. The Morgan fingerprint density at radius 3 is 2.66 bits per heavy atom. The highest BCUT2D eigenvalue weighted by Crippen LogP contribution is 2.35. The summed E-state index contributed by atoms with van der Waals surface area (Å²) in [5, 5.41) is 11.9. The van der Waals surface area contributed by atoms with Crippen molar-refractivity contribution in [2.75, 3.05) is 7.11 Å². The van der Waals surface area contributed by atoms with Gasteiger partial charge < -0.3 is 19.2 Å². The number of benzene rings is 2. The molecule has 2 aromatic heterocycles. The van der Waals surface area contributed by atoms with Crippen LogP contribution in [-0.2, 0) is 9.53 Å². The lowest BCUT2D eigenvalue weighted by atomic mass is 9.88. The summed E-state index contributed by atoms with van der Waals surface area (Å²) in [5.74, 6) is -2.00. The first-order valence-corrected chi connectivity index (χ1v) is 8.93. The number of hydrogen-bond donors (Lipinski definition) is 2. The standard InChI is InChI=1S/C22H17NO6/c1-28-18(24)11-14(15-10-12-6-2-4-8-16(12)23-21(15)26)19-20(25)13-7-3-5-9-17(13)29-22(19)27/h2-10,14,25H,11H2,1H3,(H,23,26)/t14-/m1/s1. The van der Waals surface area contributed by atoms with E-state index in [4.69, 9.17) is 9.15 Å². The van der Waals surface area contributed by atoms with Gasteiger partial charge in [0.15, 0.2) is 0 Å². The van der Waals surface area contributed by atoms with Crippen LogP contribution in [0.15, 0.2) is 68.6 Å². The summed E-state index contributed by atoms with van der Waals surface area (Å²) in [5.41, 5.74) is -0.454. The molecule has 0 spiro atoms. The van der Waals surface area contributed by atoms with Crippen LogP contribution < -0.4 is 11.2 Å². The summed E-state index contributed by atoms with van der Waals surface area (Å²) in [4.78, 5) is 40.3. The van der Waals surface area contributed by atoms with Gasteiger partial charge in [-0.3, -0.25) is 9.59 Å². The van der Waals surface area contributed by atoms with Crippen molar-refractivity contribution in [2.24, 2.45) is 0 Å². The molecule has 4 rings (SSSR count). The highest BCUT2D eigenvalue weighted by molar-refractivity contribution is 5.85. The van der Waals surface area contributed by atoms with Gasteiger partial charge in [-0.2, -0.15) is 0 Å². The van der Waals surface area contributed by atoms with Gasteiger partial charge in [-0.25, -0.2) is 4.79 Å². The Kier molecular flexibility index (Phi) is 4.64. The minimum absolute atomic E-state index is 0.158. The Morgan fingerprint density at radius 2 is 1.86 bits per heavy atom. The molecular weight excluding hydrogens is 374 g/mol. The molecule has 0 aliphatic heterocycles. The van der Waals surface area contributed by atoms with Crippen LogP contribution in [0.4, 0.5) is 0 Å². The molecule has 1 atom stereocenters. The number of aromatic amines is 1. The fourth-order valence-corrected chi connectivity index (χ4v) is 3.50. The number of esters is 1. The molecule has 0 bridgehead atoms. The summed E-state index contributed by atoms with van der Waals surface area (Å²) in [6, 6.07) is 15.2. The lowest BCUT2D eigenvalue weighted by Gasteiger charge is -2.17. The van der Waals surface area contributed by atoms with E-state index in [9.17, 15) is 19.5 Å². The Bertz CT molecular complexity index is 1350. The Labute approximate surface area is 164 Å². The molecule has 4 aromatic rings. The maximum atomic E-state index is 12.8. The van der Waals surface area contributed by atoms with Gasteiger partial charge in [0.2, 0.25) is 0 Å². The van der Waals surface area contributed by atoms with Gasteiger partial charge in [0.25, 0.3) is 5.56 Å². The second-order valence-electron chi connectivity index (χ2n) is 6.62. The molecule has 2 aromatic carbocycles. The number of aromatic hydroxyl groups is 1. The van der Waals surface area contributed by atoms with Gasteiger partial charge >= 0.3 is 11.6 Å². The van der Waals surface area contributed by atoms with Gasteiger partial charge in [-0.05, 0) is 29.7 Å². The topological polar surface area (TPSA) is 110 Å². The first-order chi connectivity index (χ1) is 14.0. The first-order valence-electron chi connectivity index (χ1n) is 8.93. The van der Waals surface area contributed by atoms with E-state index < -0.39 is 23.1 Å². The van der Waals surface area contributed by atoms with Gasteiger partial charge in [0.1, 0.15) is 11.3 Å². The van der Waals surface area contributed by atoms with Crippen LogP contribution in [0.2, 0.25) is 0 Å². The molecule has 0 fully saturated rings. The molecule has 0 unspecified atom stereocenters. The van der Waals surface area contributed by atoms with Crippen molar-refractivity contribution >= 4 is 27.8 Å². The Balaban J connectivity index is 2.01. The molecule has 7 heteroatoms. The molecule has 29 heavy (non-hydrogen) atoms. The first kappa shape index (κ1) is 18.5. The van der Waals surface area contributed by atoms with E-state index >= 15 is 0 Å². The predicted octanol–water partition coefficient (Wildman–Crippen LogP) is 3.04. The smallest absolute Gasteiger partial charge is 0.343 e. The number of fused-ring (bicyclic) bond motifs is 2. The van der Waals surface area contributed by atoms with E-state index in [-0.39, 0.29) is 28.9 Å². The summed E-state index contributed by atoms with van der Waals surface area (Å²) >= 11 is 0. The summed E-state index contributed by atoms with van der Waals surface area (Å²) in [7, 11) is 1.22. The summed E-state index contributed by atoms with van der Waals surface area (Å²) in [6.07, 6.45) is -0.311. The van der Waals surface area contributed by atoms with E-state index in [1.165, 1.54) is 7.11 Å². The second kappa shape index (κ2) is 7.27. The Hall–Kier alpha value is -3.87. The quantitative estimate of drug-likeness (QED) is 0.409. The third-order valence-electron chi connectivity index (χ3n) is 4.92. The number of ether oxygens (including phenoxy) is 1. The van der Waals surface area contributed by atoms with Crippen LogP contribution in [-0.4, -0.2) is 23.2 Å². The van der Waals surface area contributed by atoms with Crippen molar-refractivity contribution < 1.29 is 19.1 Å². The van der Waals surface area contributed by atoms with Gasteiger partial charge in [0, 0.05) is 17.0 Å². The van der Waals surface area contributed by atoms with Crippen molar-refractivity contribution in [3.05, 3.63) is 86.5 Å². The van der Waals surface area contributed by atoms with Crippen molar-refractivity contribution in [1.82, 2.24) is 4.98 Å².